The van der Waals surface area contributed by atoms with E-state index in [1.807, 2.05) is 12.1 Å². The molecule has 1 aliphatic carbocycles. The van der Waals surface area contributed by atoms with Crippen LogP contribution in [-0.2, 0) is 6.54 Å². The first kappa shape index (κ1) is 16.2. The van der Waals surface area contributed by atoms with E-state index >= 15 is 0 Å². The first-order chi connectivity index (χ1) is 10.1. The second-order valence-corrected chi connectivity index (χ2v) is 6.52. The highest BCUT2D eigenvalue weighted by Crippen LogP contribution is 2.31. The molecule has 1 fully saturated rings. The largest absolute Gasteiger partial charge is 0.497 e. The van der Waals surface area contributed by atoms with E-state index in [1.165, 1.54) is 24.8 Å². The van der Waals surface area contributed by atoms with Crippen LogP contribution >= 0.6 is 0 Å². The number of rotatable bonds is 6. The summed E-state index contributed by atoms with van der Waals surface area (Å²) in [5, 5.41) is 3.46. The van der Waals surface area contributed by atoms with Crippen LogP contribution in [0.1, 0.15) is 52.0 Å². The molecule has 1 N–H and O–H groups in total. The maximum atomic E-state index is 6.31. The lowest BCUT2D eigenvalue weighted by Gasteiger charge is -2.28. The fraction of sp³-hybridized carbons (Fsp3) is 0.667. The Balaban J connectivity index is 2.10. The van der Waals surface area contributed by atoms with Crippen molar-refractivity contribution in [2.24, 2.45) is 5.92 Å². The van der Waals surface area contributed by atoms with Gasteiger partial charge in [-0.3, -0.25) is 0 Å². The Morgan fingerprint density at radius 3 is 2.76 bits per heavy atom. The summed E-state index contributed by atoms with van der Waals surface area (Å²) < 4.78 is 11.7. The van der Waals surface area contributed by atoms with E-state index < -0.39 is 0 Å². The highest BCUT2D eigenvalue weighted by Gasteiger charge is 2.21. The van der Waals surface area contributed by atoms with Gasteiger partial charge >= 0.3 is 0 Å². The minimum Gasteiger partial charge on any atom is -0.497 e. The van der Waals surface area contributed by atoms with Crippen LogP contribution in [0.15, 0.2) is 18.2 Å². The van der Waals surface area contributed by atoms with E-state index in [0.717, 1.165) is 30.4 Å². The van der Waals surface area contributed by atoms with E-state index in [-0.39, 0.29) is 0 Å². The van der Waals surface area contributed by atoms with Crippen LogP contribution < -0.4 is 14.8 Å². The third-order valence-electron chi connectivity index (χ3n) is 4.16. The van der Waals surface area contributed by atoms with Gasteiger partial charge in [-0.1, -0.05) is 33.3 Å². The standard InChI is InChI=1S/C18H29NO2/c1-13(2)19-12-15-8-9-16(20-4)11-18(15)21-17-7-5-6-14(3)10-17/h8-9,11,13-14,17,19H,5-7,10,12H2,1-4H3. The molecule has 2 atom stereocenters. The molecule has 0 aliphatic heterocycles. The van der Waals surface area contributed by atoms with E-state index in [0.29, 0.717) is 12.1 Å². The summed E-state index contributed by atoms with van der Waals surface area (Å²) in [7, 11) is 1.70. The van der Waals surface area contributed by atoms with Crippen LogP contribution in [0.3, 0.4) is 0 Å². The van der Waals surface area contributed by atoms with Crippen molar-refractivity contribution in [2.75, 3.05) is 7.11 Å². The van der Waals surface area contributed by atoms with Gasteiger partial charge in [0.15, 0.2) is 0 Å². The minimum atomic E-state index is 0.346. The molecule has 1 aromatic carbocycles. The predicted molar refractivity (Wildman–Crippen MR) is 87.0 cm³/mol. The number of methoxy groups -OCH3 is 1. The highest BCUT2D eigenvalue weighted by atomic mass is 16.5. The van der Waals surface area contributed by atoms with Crippen molar-refractivity contribution in [3.63, 3.8) is 0 Å². The fourth-order valence-corrected chi connectivity index (χ4v) is 2.90. The zero-order chi connectivity index (χ0) is 15.2. The van der Waals surface area contributed by atoms with E-state index in [4.69, 9.17) is 9.47 Å². The molecule has 0 amide bonds. The Hall–Kier alpha value is -1.22. The van der Waals surface area contributed by atoms with Gasteiger partial charge in [-0.15, -0.1) is 0 Å². The fourth-order valence-electron chi connectivity index (χ4n) is 2.90. The number of benzene rings is 1. The van der Waals surface area contributed by atoms with Gasteiger partial charge in [-0.25, -0.2) is 0 Å². The maximum absolute atomic E-state index is 6.31. The number of nitrogens with one attached hydrogen (secondary N) is 1. The van der Waals surface area contributed by atoms with Crippen LogP contribution in [0.2, 0.25) is 0 Å². The summed E-state index contributed by atoms with van der Waals surface area (Å²) in [6.45, 7) is 7.47. The van der Waals surface area contributed by atoms with Crippen molar-refractivity contribution in [1.82, 2.24) is 5.32 Å². The molecule has 0 radical (unpaired) electrons. The maximum Gasteiger partial charge on any atom is 0.127 e. The number of hydrogen-bond donors (Lipinski definition) is 1. The first-order valence-electron chi connectivity index (χ1n) is 8.15. The first-order valence-corrected chi connectivity index (χ1v) is 8.15. The Morgan fingerprint density at radius 1 is 1.29 bits per heavy atom. The van der Waals surface area contributed by atoms with E-state index in [9.17, 15) is 0 Å². The van der Waals surface area contributed by atoms with Crippen molar-refractivity contribution in [2.45, 2.75) is 65.1 Å². The molecule has 2 rings (SSSR count). The van der Waals surface area contributed by atoms with Crippen LogP contribution in [-0.4, -0.2) is 19.3 Å². The summed E-state index contributed by atoms with van der Waals surface area (Å²) in [5.74, 6) is 2.61. The van der Waals surface area contributed by atoms with Gasteiger partial charge in [0, 0.05) is 24.2 Å². The molecule has 1 aliphatic rings. The predicted octanol–water partition coefficient (Wildman–Crippen LogP) is 4.15. The Kier molecular flexibility index (Phi) is 5.92. The van der Waals surface area contributed by atoms with Crippen molar-refractivity contribution >= 4 is 0 Å². The van der Waals surface area contributed by atoms with Gasteiger partial charge in [0.25, 0.3) is 0 Å². The molecule has 1 saturated carbocycles. The lowest BCUT2D eigenvalue weighted by Crippen LogP contribution is -2.26. The van der Waals surface area contributed by atoms with Gasteiger partial charge in [-0.2, -0.15) is 0 Å². The molecular weight excluding hydrogens is 262 g/mol. The quantitative estimate of drug-likeness (QED) is 0.854. The summed E-state index contributed by atoms with van der Waals surface area (Å²) in [5.41, 5.74) is 1.21. The average molecular weight is 291 g/mol. The zero-order valence-electron chi connectivity index (χ0n) is 13.8. The van der Waals surface area contributed by atoms with Gasteiger partial charge in [0.05, 0.1) is 13.2 Å². The summed E-state index contributed by atoms with van der Waals surface area (Å²) in [4.78, 5) is 0. The molecule has 0 saturated heterocycles. The van der Waals surface area contributed by atoms with Crippen molar-refractivity contribution < 1.29 is 9.47 Å². The average Bonchev–Trinajstić information content (AvgIpc) is 2.45. The van der Waals surface area contributed by atoms with E-state index in [2.05, 4.69) is 32.2 Å². The molecule has 0 bridgehead atoms. The Morgan fingerprint density at radius 2 is 2.10 bits per heavy atom. The zero-order valence-corrected chi connectivity index (χ0v) is 13.8. The molecule has 21 heavy (non-hydrogen) atoms. The van der Waals surface area contributed by atoms with E-state index in [1.54, 1.807) is 7.11 Å². The molecule has 0 heterocycles. The molecule has 118 valence electrons. The van der Waals surface area contributed by atoms with Gasteiger partial charge in [-0.05, 0) is 31.2 Å². The molecule has 3 heteroatoms. The molecule has 2 unspecified atom stereocenters. The van der Waals surface area contributed by atoms with Gasteiger partial charge in [0.2, 0.25) is 0 Å². The summed E-state index contributed by atoms with van der Waals surface area (Å²) in [6, 6.07) is 6.61. The minimum absolute atomic E-state index is 0.346. The summed E-state index contributed by atoms with van der Waals surface area (Å²) >= 11 is 0. The van der Waals surface area contributed by atoms with Crippen molar-refractivity contribution in [3.8, 4) is 11.5 Å². The van der Waals surface area contributed by atoms with Crippen LogP contribution in [0, 0.1) is 5.92 Å². The third-order valence-corrected chi connectivity index (χ3v) is 4.16. The van der Waals surface area contributed by atoms with Crippen LogP contribution in [0.5, 0.6) is 11.5 Å². The summed E-state index contributed by atoms with van der Waals surface area (Å²) in [6.07, 6.45) is 5.28. The van der Waals surface area contributed by atoms with Crippen LogP contribution in [0.4, 0.5) is 0 Å². The smallest absolute Gasteiger partial charge is 0.127 e. The molecule has 3 nitrogen and oxygen atoms in total. The Bertz CT molecular complexity index is 445. The lowest BCUT2D eigenvalue weighted by atomic mass is 9.88. The normalized spacial score (nSPS) is 22.3. The third kappa shape index (κ3) is 4.92. The second-order valence-electron chi connectivity index (χ2n) is 6.52. The van der Waals surface area contributed by atoms with Crippen molar-refractivity contribution in [1.29, 1.82) is 0 Å². The highest BCUT2D eigenvalue weighted by molar-refractivity contribution is 5.41. The SMILES string of the molecule is COc1ccc(CNC(C)C)c(OC2CCCC(C)C2)c1. The monoisotopic (exact) mass is 291 g/mol. The van der Waals surface area contributed by atoms with Crippen LogP contribution in [0.25, 0.3) is 0 Å². The second kappa shape index (κ2) is 7.69. The molecule has 0 aromatic heterocycles. The molecular formula is C18H29NO2. The lowest BCUT2D eigenvalue weighted by molar-refractivity contribution is 0.127. The van der Waals surface area contributed by atoms with Gasteiger partial charge in [0.1, 0.15) is 11.5 Å². The van der Waals surface area contributed by atoms with Crippen molar-refractivity contribution in [3.05, 3.63) is 23.8 Å². The molecule has 1 aromatic rings. The van der Waals surface area contributed by atoms with Gasteiger partial charge < -0.3 is 14.8 Å². The number of hydrogen-bond acceptors (Lipinski definition) is 3. The number of ether oxygens (including phenoxy) is 2. The molecule has 0 spiro atoms. The Labute approximate surface area is 129 Å². The topological polar surface area (TPSA) is 30.5 Å².